The topological polar surface area (TPSA) is 45.2 Å². The highest BCUT2D eigenvalue weighted by Crippen LogP contribution is 2.29. The molecule has 3 rings (SSSR count). The van der Waals surface area contributed by atoms with E-state index in [1.54, 1.807) is 12.4 Å². The number of amides is 1. The van der Waals surface area contributed by atoms with Crippen molar-refractivity contribution in [2.75, 3.05) is 16.8 Å². The SMILES string of the molecule is O=C1CN(Cc2ccncc2)c2ccccc2N1. The summed E-state index contributed by atoms with van der Waals surface area (Å²) in [5.74, 6) is 0.0303. The highest BCUT2D eigenvalue weighted by Gasteiger charge is 2.21. The first-order chi connectivity index (χ1) is 8.83. The van der Waals surface area contributed by atoms with E-state index in [9.17, 15) is 4.79 Å². The molecule has 1 aliphatic heterocycles. The molecule has 0 saturated heterocycles. The van der Waals surface area contributed by atoms with Crippen LogP contribution in [-0.4, -0.2) is 17.4 Å². The number of carbonyl (C=O) groups is 1. The first kappa shape index (κ1) is 10.8. The van der Waals surface area contributed by atoms with Gasteiger partial charge in [0.15, 0.2) is 0 Å². The third-order valence-corrected chi connectivity index (χ3v) is 2.98. The molecule has 0 saturated carbocycles. The van der Waals surface area contributed by atoms with Gasteiger partial charge in [0.05, 0.1) is 17.9 Å². The van der Waals surface area contributed by atoms with Gasteiger partial charge in [0.25, 0.3) is 0 Å². The van der Waals surface area contributed by atoms with Gasteiger partial charge in [0.2, 0.25) is 5.91 Å². The van der Waals surface area contributed by atoms with Gasteiger partial charge in [-0.25, -0.2) is 0 Å². The van der Waals surface area contributed by atoms with E-state index < -0.39 is 0 Å². The summed E-state index contributed by atoms with van der Waals surface area (Å²) in [6, 6.07) is 11.8. The number of para-hydroxylation sites is 2. The minimum Gasteiger partial charge on any atom is -0.356 e. The molecule has 1 N–H and O–H groups in total. The van der Waals surface area contributed by atoms with Crippen LogP contribution in [0.25, 0.3) is 0 Å². The molecule has 2 aromatic rings. The molecule has 0 fully saturated rings. The van der Waals surface area contributed by atoms with Crippen LogP contribution in [0, 0.1) is 0 Å². The van der Waals surface area contributed by atoms with Gasteiger partial charge in [0, 0.05) is 18.9 Å². The van der Waals surface area contributed by atoms with Crippen molar-refractivity contribution in [2.45, 2.75) is 6.54 Å². The van der Waals surface area contributed by atoms with E-state index in [4.69, 9.17) is 0 Å². The van der Waals surface area contributed by atoms with Crippen molar-refractivity contribution in [3.8, 4) is 0 Å². The Kier molecular flexibility index (Phi) is 2.68. The van der Waals surface area contributed by atoms with Gasteiger partial charge in [-0.1, -0.05) is 12.1 Å². The van der Waals surface area contributed by atoms with Crippen molar-refractivity contribution in [3.63, 3.8) is 0 Å². The van der Waals surface area contributed by atoms with Gasteiger partial charge in [-0.05, 0) is 29.8 Å². The fourth-order valence-electron chi connectivity index (χ4n) is 2.15. The van der Waals surface area contributed by atoms with Gasteiger partial charge in [-0.3, -0.25) is 9.78 Å². The number of aromatic nitrogens is 1. The van der Waals surface area contributed by atoms with Crippen molar-refractivity contribution >= 4 is 17.3 Å². The fourth-order valence-corrected chi connectivity index (χ4v) is 2.15. The number of hydrogen-bond acceptors (Lipinski definition) is 3. The van der Waals surface area contributed by atoms with Crippen molar-refractivity contribution in [1.82, 2.24) is 4.98 Å². The Hall–Kier alpha value is -2.36. The number of nitrogens with one attached hydrogen (secondary N) is 1. The second kappa shape index (κ2) is 4.49. The Bertz CT molecular complexity index is 568. The number of carbonyl (C=O) groups excluding carboxylic acids is 1. The quantitative estimate of drug-likeness (QED) is 0.872. The van der Waals surface area contributed by atoms with Crippen LogP contribution in [0.1, 0.15) is 5.56 Å². The number of fused-ring (bicyclic) bond motifs is 1. The molecule has 1 aromatic carbocycles. The van der Waals surface area contributed by atoms with Crippen molar-refractivity contribution < 1.29 is 4.79 Å². The van der Waals surface area contributed by atoms with E-state index in [2.05, 4.69) is 15.2 Å². The molecule has 1 aromatic heterocycles. The Labute approximate surface area is 105 Å². The minimum atomic E-state index is 0.0303. The zero-order valence-electron chi connectivity index (χ0n) is 9.84. The molecule has 90 valence electrons. The molecule has 1 aliphatic rings. The maximum absolute atomic E-state index is 11.7. The van der Waals surface area contributed by atoms with Crippen LogP contribution in [0.2, 0.25) is 0 Å². The lowest BCUT2D eigenvalue weighted by Crippen LogP contribution is -2.37. The van der Waals surface area contributed by atoms with E-state index in [0.717, 1.165) is 16.9 Å². The summed E-state index contributed by atoms with van der Waals surface area (Å²) in [6.07, 6.45) is 3.54. The Morgan fingerprint density at radius 1 is 1.17 bits per heavy atom. The fraction of sp³-hybridized carbons (Fsp3) is 0.143. The molecule has 4 heteroatoms. The van der Waals surface area contributed by atoms with Crippen LogP contribution in [0.5, 0.6) is 0 Å². The standard InChI is InChI=1S/C14H13N3O/c18-14-10-17(9-11-5-7-15-8-6-11)13-4-2-1-3-12(13)16-14/h1-8H,9-10H2,(H,16,18). The molecule has 2 heterocycles. The van der Waals surface area contributed by atoms with E-state index in [-0.39, 0.29) is 5.91 Å². The van der Waals surface area contributed by atoms with Crippen LogP contribution >= 0.6 is 0 Å². The van der Waals surface area contributed by atoms with Crippen LogP contribution in [0.15, 0.2) is 48.8 Å². The number of nitrogens with zero attached hydrogens (tertiary/aromatic N) is 2. The summed E-state index contributed by atoms with van der Waals surface area (Å²) in [4.78, 5) is 17.7. The predicted molar refractivity (Wildman–Crippen MR) is 70.4 cm³/mol. The molecule has 0 unspecified atom stereocenters. The maximum Gasteiger partial charge on any atom is 0.243 e. The lowest BCUT2D eigenvalue weighted by molar-refractivity contribution is -0.115. The van der Waals surface area contributed by atoms with E-state index in [1.807, 2.05) is 36.4 Å². The summed E-state index contributed by atoms with van der Waals surface area (Å²) in [7, 11) is 0. The van der Waals surface area contributed by atoms with E-state index >= 15 is 0 Å². The first-order valence-corrected chi connectivity index (χ1v) is 5.86. The molecule has 18 heavy (non-hydrogen) atoms. The van der Waals surface area contributed by atoms with Crippen molar-refractivity contribution in [2.24, 2.45) is 0 Å². The zero-order valence-corrected chi connectivity index (χ0v) is 9.84. The minimum absolute atomic E-state index is 0.0303. The Balaban J connectivity index is 1.91. The summed E-state index contributed by atoms with van der Waals surface area (Å²) >= 11 is 0. The molecule has 4 nitrogen and oxygen atoms in total. The third-order valence-electron chi connectivity index (χ3n) is 2.98. The number of benzene rings is 1. The second-order valence-corrected chi connectivity index (χ2v) is 4.28. The van der Waals surface area contributed by atoms with Gasteiger partial charge < -0.3 is 10.2 Å². The highest BCUT2D eigenvalue weighted by molar-refractivity contribution is 6.01. The average Bonchev–Trinajstić information content (AvgIpc) is 2.40. The highest BCUT2D eigenvalue weighted by atomic mass is 16.2. The molecule has 0 aliphatic carbocycles. The van der Waals surface area contributed by atoms with Gasteiger partial charge in [-0.15, -0.1) is 0 Å². The average molecular weight is 239 g/mol. The Morgan fingerprint density at radius 2 is 1.94 bits per heavy atom. The molecular formula is C14H13N3O. The van der Waals surface area contributed by atoms with Crippen LogP contribution < -0.4 is 10.2 Å². The summed E-state index contributed by atoms with van der Waals surface area (Å²) in [6.45, 7) is 1.10. The first-order valence-electron chi connectivity index (χ1n) is 5.86. The third kappa shape index (κ3) is 2.05. The molecule has 0 atom stereocenters. The summed E-state index contributed by atoms with van der Waals surface area (Å²) < 4.78 is 0. The second-order valence-electron chi connectivity index (χ2n) is 4.28. The van der Waals surface area contributed by atoms with Crippen LogP contribution in [-0.2, 0) is 11.3 Å². The number of rotatable bonds is 2. The number of anilines is 2. The van der Waals surface area contributed by atoms with E-state index in [0.29, 0.717) is 13.1 Å². The lowest BCUT2D eigenvalue weighted by atomic mass is 10.1. The normalized spacial score (nSPS) is 14.0. The molecule has 1 amide bonds. The summed E-state index contributed by atoms with van der Waals surface area (Å²) in [5, 5.41) is 2.88. The molecular weight excluding hydrogens is 226 g/mol. The van der Waals surface area contributed by atoms with Gasteiger partial charge in [0.1, 0.15) is 0 Å². The molecule has 0 bridgehead atoms. The van der Waals surface area contributed by atoms with Gasteiger partial charge in [-0.2, -0.15) is 0 Å². The molecule has 0 radical (unpaired) electrons. The largest absolute Gasteiger partial charge is 0.356 e. The zero-order chi connectivity index (χ0) is 12.4. The number of pyridine rings is 1. The summed E-state index contributed by atoms with van der Waals surface area (Å²) in [5.41, 5.74) is 3.09. The monoisotopic (exact) mass is 239 g/mol. The van der Waals surface area contributed by atoms with Crippen LogP contribution in [0.4, 0.5) is 11.4 Å². The Morgan fingerprint density at radius 3 is 2.78 bits per heavy atom. The lowest BCUT2D eigenvalue weighted by Gasteiger charge is -2.30. The van der Waals surface area contributed by atoms with Crippen LogP contribution in [0.3, 0.4) is 0 Å². The van der Waals surface area contributed by atoms with E-state index in [1.165, 1.54) is 0 Å². The number of hydrogen-bond donors (Lipinski definition) is 1. The maximum atomic E-state index is 11.7. The van der Waals surface area contributed by atoms with Crippen molar-refractivity contribution in [3.05, 3.63) is 54.4 Å². The van der Waals surface area contributed by atoms with Crippen molar-refractivity contribution in [1.29, 1.82) is 0 Å². The predicted octanol–water partition coefficient (Wildman–Crippen LogP) is 2.04. The molecule has 0 spiro atoms. The smallest absolute Gasteiger partial charge is 0.243 e. The van der Waals surface area contributed by atoms with Gasteiger partial charge >= 0.3 is 0 Å².